The molecular formula is C21H22N6O2S2. The van der Waals surface area contributed by atoms with E-state index in [1.807, 2.05) is 11.3 Å². The Morgan fingerprint density at radius 2 is 2.23 bits per heavy atom. The second-order valence-electron chi connectivity index (χ2n) is 8.58. The summed E-state index contributed by atoms with van der Waals surface area (Å²) >= 11 is 3.21. The van der Waals surface area contributed by atoms with Crippen LogP contribution in [0.1, 0.15) is 54.1 Å². The van der Waals surface area contributed by atoms with Crippen LogP contribution in [0.3, 0.4) is 0 Å². The predicted octanol–water partition coefficient (Wildman–Crippen LogP) is 4.37. The number of rotatable bonds is 5. The highest BCUT2D eigenvalue weighted by Gasteiger charge is 2.32. The number of nitrogens with zero attached hydrogens (tertiary/aromatic N) is 5. The molecule has 4 heterocycles. The maximum absolute atomic E-state index is 12.4. The summed E-state index contributed by atoms with van der Waals surface area (Å²) in [6.07, 6.45) is 5.69. The Hall–Kier alpha value is -2.46. The molecule has 0 radical (unpaired) electrons. The second kappa shape index (κ2) is 7.30. The maximum Gasteiger partial charge on any atom is 0.236 e. The van der Waals surface area contributed by atoms with Gasteiger partial charge in [-0.1, -0.05) is 23.8 Å². The van der Waals surface area contributed by atoms with Crippen molar-refractivity contribution >= 4 is 50.7 Å². The molecule has 6 rings (SSSR count). The molecule has 0 aromatic carbocycles. The van der Waals surface area contributed by atoms with Gasteiger partial charge in [-0.25, -0.2) is 4.98 Å². The standard InChI is InChI=1S/C21H22N6O2S2/c1-10-3-6-13-14(7-10)31-20-17(13)19-24-25-21(27(19)18(23-20)12-4-5-12)30-9-16(28)22-15-8-11(2)29-26-15/h8,10,12H,3-7,9H2,1-2H3,(H,22,26,28)/t10-/m0/s1. The molecule has 2 aliphatic carbocycles. The van der Waals surface area contributed by atoms with Crippen molar-refractivity contribution < 1.29 is 9.32 Å². The zero-order valence-electron chi connectivity index (χ0n) is 17.3. The van der Waals surface area contributed by atoms with Gasteiger partial charge in [-0.3, -0.25) is 9.20 Å². The number of aromatic nitrogens is 5. The van der Waals surface area contributed by atoms with E-state index in [1.54, 1.807) is 13.0 Å². The number of thioether (sulfide) groups is 1. The molecule has 1 saturated carbocycles. The predicted molar refractivity (Wildman–Crippen MR) is 120 cm³/mol. The molecule has 2 aliphatic rings. The van der Waals surface area contributed by atoms with Gasteiger partial charge in [0.05, 0.1) is 11.1 Å². The minimum Gasteiger partial charge on any atom is -0.360 e. The van der Waals surface area contributed by atoms with Gasteiger partial charge >= 0.3 is 0 Å². The number of aryl methyl sites for hydroxylation is 2. The monoisotopic (exact) mass is 454 g/mol. The summed E-state index contributed by atoms with van der Waals surface area (Å²) in [5.41, 5.74) is 2.30. The highest BCUT2D eigenvalue weighted by molar-refractivity contribution is 7.99. The average Bonchev–Trinajstić information content (AvgIpc) is 3.21. The van der Waals surface area contributed by atoms with Crippen LogP contribution in [0.5, 0.6) is 0 Å². The molecule has 10 heteroatoms. The Labute approximate surface area is 186 Å². The third kappa shape index (κ3) is 3.41. The number of nitrogens with one attached hydrogen (secondary N) is 1. The third-order valence-electron chi connectivity index (χ3n) is 5.97. The minimum absolute atomic E-state index is 0.154. The van der Waals surface area contributed by atoms with Crippen LogP contribution in [0.25, 0.3) is 15.9 Å². The summed E-state index contributed by atoms with van der Waals surface area (Å²) in [5.74, 6) is 3.35. The van der Waals surface area contributed by atoms with Crippen molar-refractivity contribution in [2.45, 2.75) is 57.0 Å². The van der Waals surface area contributed by atoms with Gasteiger partial charge in [-0.2, -0.15) is 0 Å². The number of carbonyl (C=O) groups excluding carboxylic acids is 1. The molecule has 0 aliphatic heterocycles. The Bertz CT molecular complexity index is 1320. The molecule has 4 aromatic rings. The molecule has 160 valence electrons. The second-order valence-corrected chi connectivity index (χ2v) is 10.6. The van der Waals surface area contributed by atoms with Crippen LogP contribution in [0.2, 0.25) is 0 Å². The summed E-state index contributed by atoms with van der Waals surface area (Å²) in [5, 5.41) is 17.5. The van der Waals surface area contributed by atoms with E-state index in [2.05, 4.69) is 32.0 Å². The van der Waals surface area contributed by atoms with Crippen molar-refractivity contribution in [3.63, 3.8) is 0 Å². The molecule has 1 N–H and O–H groups in total. The highest BCUT2D eigenvalue weighted by Crippen LogP contribution is 2.44. The fourth-order valence-corrected chi connectivity index (χ4v) is 6.41. The summed E-state index contributed by atoms with van der Waals surface area (Å²) in [4.78, 5) is 20.0. The zero-order chi connectivity index (χ0) is 21.1. The lowest BCUT2D eigenvalue weighted by atomic mass is 9.89. The Morgan fingerprint density at radius 3 is 3.00 bits per heavy atom. The zero-order valence-corrected chi connectivity index (χ0v) is 19.0. The number of anilines is 1. The van der Waals surface area contributed by atoms with E-state index in [1.165, 1.54) is 28.6 Å². The lowest BCUT2D eigenvalue weighted by Gasteiger charge is -2.17. The van der Waals surface area contributed by atoms with E-state index >= 15 is 0 Å². The molecule has 0 unspecified atom stereocenters. The molecule has 1 fully saturated rings. The molecule has 31 heavy (non-hydrogen) atoms. The van der Waals surface area contributed by atoms with Gasteiger partial charge in [-0.05, 0) is 50.5 Å². The van der Waals surface area contributed by atoms with E-state index in [4.69, 9.17) is 9.51 Å². The molecule has 0 bridgehead atoms. The van der Waals surface area contributed by atoms with Gasteiger partial charge in [0.15, 0.2) is 16.6 Å². The van der Waals surface area contributed by atoms with E-state index in [0.717, 1.165) is 58.4 Å². The van der Waals surface area contributed by atoms with Gasteiger partial charge in [-0.15, -0.1) is 21.5 Å². The lowest BCUT2D eigenvalue weighted by Crippen LogP contribution is -2.14. The summed E-state index contributed by atoms with van der Waals surface area (Å²) < 4.78 is 7.10. The molecule has 0 saturated heterocycles. The van der Waals surface area contributed by atoms with E-state index in [0.29, 0.717) is 17.5 Å². The fourth-order valence-electron chi connectivity index (χ4n) is 4.28. The van der Waals surface area contributed by atoms with E-state index < -0.39 is 0 Å². The Morgan fingerprint density at radius 1 is 1.35 bits per heavy atom. The summed E-state index contributed by atoms with van der Waals surface area (Å²) in [6.45, 7) is 4.11. The van der Waals surface area contributed by atoms with Crippen molar-refractivity contribution in [2.24, 2.45) is 5.92 Å². The highest BCUT2D eigenvalue weighted by atomic mass is 32.2. The first kappa shape index (κ1) is 19.2. The normalized spacial score (nSPS) is 18.6. The molecule has 8 nitrogen and oxygen atoms in total. The van der Waals surface area contributed by atoms with Crippen LogP contribution in [-0.4, -0.2) is 36.4 Å². The third-order valence-corrected chi connectivity index (χ3v) is 8.04. The van der Waals surface area contributed by atoms with E-state index in [9.17, 15) is 4.79 Å². The smallest absolute Gasteiger partial charge is 0.236 e. The molecule has 1 atom stereocenters. The number of hydrogen-bond donors (Lipinski definition) is 1. The van der Waals surface area contributed by atoms with Crippen LogP contribution >= 0.6 is 23.1 Å². The van der Waals surface area contributed by atoms with Crippen molar-refractivity contribution in [2.75, 3.05) is 11.1 Å². The van der Waals surface area contributed by atoms with Crippen LogP contribution in [0, 0.1) is 12.8 Å². The van der Waals surface area contributed by atoms with Crippen LogP contribution in [-0.2, 0) is 17.6 Å². The van der Waals surface area contributed by atoms with Gasteiger partial charge in [0, 0.05) is 16.9 Å². The first-order valence-electron chi connectivity index (χ1n) is 10.6. The quantitative estimate of drug-likeness (QED) is 0.447. The van der Waals surface area contributed by atoms with Crippen molar-refractivity contribution in [1.82, 2.24) is 24.7 Å². The van der Waals surface area contributed by atoms with Crippen molar-refractivity contribution in [3.05, 3.63) is 28.1 Å². The number of thiophene rings is 1. The average molecular weight is 455 g/mol. The van der Waals surface area contributed by atoms with Crippen LogP contribution < -0.4 is 5.32 Å². The Balaban J connectivity index is 1.36. The molecule has 0 spiro atoms. The summed E-state index contributed by atoms with van der Waals surface area (Å²) in [7, 11) is 0. The van der Waals surface area contributed by atoms with E-state index in [-0.39, 0.29) is 11.7 Å². The lowest BCUT2D eigenvalue weighted by molar-refractivity contribution is -0.113. The summed E-state index contributed by atoms with van der Waals surface area (Å²) in [6, 6.07) is 1.70. The number of fused-ring (bicyclic) bond motifs is 5. The first-order valence-corrected chi connectivity index (χ1v) is 12.4. The van der Waals surface area contributed by atoms with Crippen molar-refractivity contribution in [1.29, 1.82) is 0 Å². The first-order chi connectivity index (χ1) is 15.1. The number of hydrogen-bond acceptors (Lipinski definition) is 8. The van der Waals surface area contributed by atoms with Crippen LogP contribution in [0.15, 0.2) is 15.7 Å². The Kier molecular flexibility index (Phi) is 4.53. The fraction of sp³-hybridized carbons (Fsp3) is 0.476. The number of carbonyl (C=O) groups is 1. The largest absolute Gasteiger partial charge is 0.360 e. The van der Waals surface area contributed by atoms with Crippen LogP contribution in [0.4, 0.5) is 5.82 Å². The minimum atomic E-state index is -0.154. The van der Waals surface area contributed by atoms with Gasteiger partial charge in [0.1, 0.15) is 16.4 Å². The van der Waals surface area contributed by atoms with Crippen molar-refractivity contribution in [3.8, 4) is 0 Å². The molecule has 4 aromatic heterocycles. The molecular weight excluding hydrogens is 432 g/mol. The number of amides is 1. The maximum atomic E-state index is 12.4. The topological polar surface area (TPSA) is 98.2 Å². The molecule has 1 amide bonds. The van der Waals surface area contributed by atoms with Gasteiger partial charge < -0.3 is 9.84 Å². The van der Waals surface area contributed by atoms with Gasteiger partial charge in [0.2, 0.25) is 5.91 Å². The SMILES string of the molecule is Cc1cc(NC(=O)CSc2nnc3c4c5c(sc4nc(C4CC4)n23)C[C@@H](C)CC5)no1. The van der Waals surface area contributed by atoms with Gasteiger partial charge in [0.25, 0.3) is 0 Å².